The first-order valence-corrected chi connectivity index (χ1v) is 12.7. The summed E-state index contributed by atoms with van der Waals surface area (Å²) in [5.41, 5.74) is 4.26. The Labute approximate surface area is 219 Å². The first kappa shape index (κ1) is 26.3. The second-order valence-electron chi connectivity index (χ2n) is 9.89. The zero-order chi connectivity index (χ0) is 26.9. The van der Waals surface area contributed by atoms with Gasteiger partial charge in [-0.25, -0.2) is 0 Å². The topological polar surface area (TPSA) is 70.0 Å². The number of hydrogen-bond donors (Lipinski definition) is 2. The molecule has 3 heterocycles. The second-order valence-corrected chi connectivity index (χ2v) is 9.89. The monoisotopic (exact) mass is 528 g/mol. The number of aromatic nitrogens is 1. The van der Waals surface area contributed by atoms with Crippen LogP contribution in [0.4, 0.5) is 13.2 Å². The Morgan fingerprint density at radius 1 is 1.03 bits per heavy atom. The lowest BCUT2D eigenvalue weighted by Gasteiger charge is -2.32. The van der Waals surface area contributed by atoms with Crippen LogP contribution >= 0.6 is 0 Å². The largest absolute Gasteiger partial charge is 0.573 e. The average Bonchev–Trinajstić information content (AvgIpc) is 3.29. The van der Waals surface area contributed by atoms with Crippen molar-refractivity contribution in [3.8, 4) is 28.1 Å². The number of fused-ring (bicyclic) bond motifs is 1. The summed E-state index contributed by atoms with van der Waals surface area (Å²) >= 11 is 0. The molecule has 5 rings (SSSR count). The SMILES string of the molecule is CN1CCN(Cc2ccc(-c3c(-c4cccc(OC(F)(F)F)c4)cc4n3C(CCO)CNC4=O)cc2)CC1. The van der Waals surface area contributed by atoms with Crippen molar-refractivity contribution < 1.29 is 27.8 Å². The highest BCUT2D eigenvalue weighted by Crippen LogP contribution is 2.40. The lowest BCUT2D eigenvalue weighted by atomic mass is 9.99. The molecule has 2 aromatic carbocycles. The number of nitrogens with one attached hydrogen (secondary N) is 1. The van der Waals surface area contributed by atoms with E-state index in [0.29, 0.717) is 29.8 Å². The summed E-state index contributed by atoms with van der Waals surface area (Å²) in [7, 11) is 2.12. The summed E-state index contributed by atoms with van der Waals surface area (Å²) in [6, 6.07) is 15.4. The quantitative estimate of drug-likeness (QED) is 0.483. The van der Waals surface area contributed by atoms with Gasteiger partial charge < -0.3 is 24.6 Å². The predicted octanol–water partition coefficient (Wildman–Crippen LogP) is 4.14. The van der Waals surface area contributed by atoms with Crippen molar-refractivity contribution >= 4 is 5.91 Å². The van der Waals surface area contributed by atoms with Crippen LogP contribution < -0.4 is 10.1 Å². The molecule has 7 nitrogen and oxygen atoms in total. The van der Waals surface area contributed by atoms with E-state index in [2.05, 4.69) is 39.0 Å². The van der Waals surface area contributed by atoms with E-state index in [1.54, 1.807) is 12.1 Å². The summed E-state index contributed by atoms with van der Waals surface area (Å²) in [6.07, 6.45) is -4.39. The van der Waals surface area contributed by atoms with Crippen molar-refractivity contribution in [2.45, 2.75) is 25.4 Å². The summed E-state index contributed by atoms with van der Waals surface area (Å²) in [5, 5.41) is 12.6. The number of nitrogens with zero attached hydrogens (tertiary/aromatic N) is 3. The zero-order valence-corrected chi connectivity index (χ0v) is 21.2. The maximum absolute atomic E-state index is 12.9. The molecular formula is C28H31F3N4O3. The van der Waals surface area contributed by atoms with Crippen molar-refractivity contribution in [2.24, 2.45) is 0 Å². The molecule has 0 bridgehead atoms. The minimum absolute atomic E-state index is 0.0637. The van der Waals surface area contributed by atoms with Gasteiger partial charge in [0.2, 0.25) is 0 Å². The summed E-state index contributed by atoms with van der Waals surface area (Å²) in [5.74, 6) is -0.593. The maximum atomic E-state index is 12.9. The number of amides is 1. The number of halogens is 3. The second kappa shape index (κ2) is 10.8. The lowest BCUT2D eigenvalue weighted by Crippen LogP contribution is -2.43. The molecule has 1 aromatic heterocycles. The van der Waals surface area contributed by atoms with E-state index in [1.165, 1.54) is 18.2 Å². The molecule has 2 aliphatic rings. The fourth-order valence-electron chi connectivity index (χ4n) is 5.26. The van der Waals surface area contributed by atoms with Crippen LogP contribution in [0.3, 0.4) is 0 Å². The number of benzene rings is 2. The van der Waals surface area contributed by atoms with Crippen LogP contribution in [-0.2, 0) is 6.54 Å². The van der Waals surface area contributed by atoms with E-state index in [-0.39, 0.29) is 24.3 Å². The number of hydrogen-bond acceptors (Lipinski definition) is 5. The molecule has 1 saturated heterocycles. The van der Waals surface area contributed by atoms with Gasteiger partial charge in [0.05, 0.1) is 11.7 Å². The van der Waals surface area contributed by atoms with Gasteiger partial charge in [-0.3, -0.25) is 9.69 Å². The van der Waals surface area contributed by atoms with Crippen molar-refractivity contribution in [1.82, 2.24) is 19.7 Å². The van der Waals surface area contributed by atoms with Crippen LogP contribution in [-0.4, -0.2) is 78.1 Å². The standard InChI is InChI=1S/C28H31F3N4O3/c1-33-10-12-34(13-11-33)18-19-5-7-20(8-6-19)26-24(21-3-2-4-23(15-21)38-28(29,30)31)16-25-27(37)32-17-22(9-14-36)35(25)26/h2-8,15-16,22,36H,9-14,17-18H2,1H3,(H,32,37). The van der Waals surface area contributed by atoms with E-state index in [9.17, 15) is 23.1 Å². The third kappa shape index (κ3) is 5.72. The van der Waals surface area contributed by atoms with Gasteiger partial charge >= 0.3 is 6.36 Å². The van der Waals surface area contributed by atoms with Gasteiger partial charge in [-0.15, -0.1) is 13.2 Å². The van der Waals surface area contributed by atoms with E-state index in [1.807, 2.05) is 16.7 Å². The van der Waals surface area contributed by atoms with E-state index in [4.69, 9.17) is 0 Å². The number of carbonyl (C=O) groups excluding carboxylic acids is 1. The maximum Gasteiger partial charge on any atom is 0.573 e. The molecule has 10 heteroatoms. The smallest absolute Gasteiger partial charge is 0.406 e. The highest BCUT2D eigenvalue weighted by Gasteiger charge is 2.33. The van der Waals surface area contributed by atoms with E-state index in [0.717, 1.165) is 49.5 Å². The van der Waals surface area contributed by atoms with E-state index < -0.39 is 6.36 Å². The molecule has 1 amide bonds. The summed E-state index contributed by atoms with van der Waals surface area (Å²) < 4.78 is 44.8. The van der Waals surface area contributed by atoms with Crippen LogP contribution in [0.2, 0.25) is 0 Å². The minimum atomic E-state index is -4.81. The predicted molar refractivity (Wildman–Crippen MR) is 138 cm³/mol. The number of carbonyl (C=O) groups is 1. The molecule has 1 fully saturated rings. The first-order chi connectivity index (χ1) is 18.2. The van der Waals surface area contributed by atoms with Crippen LogP contribution in [0.25, 0.3) is 22.4 Å². The van der Waals surface area contributed by atoms with Gasteiger partial charge in [0.15, 0.2) is 0 Å². The number of aliphatic hydroxyl groups is 1. The van der Waals surface area contributed by atoms with Gasteiger partial charge in [0, 0.05) is 51.4 Å². The average molecular weight is 529 g/mol. The molecule has 3 aromatic rings. The van der Waals surface area contributed by atoms with Crippen molar-refractivity contribution in [2.75, 3.05) is 46.4 Å². The van der Waals surface area contributed by atoms with Gasteiger partial charge in [0.25, 0.3) is 5.91 Å². The number of aliphatic hydroxyl groups excluding tert-OH is 1. The van der Waals surface area contributed by atoms with Gasteiger partial charge in [-0.05, 0) is 48.4 Å². The van der Waals surface area contributed by atoms with Crippen molar-refractivity contribution in [1.29, 1.82) is 0 Å². The molecule has 202 valence electrons. The highest BCUT2D eigenvalue weighted by molar-refractivity contribution is 5.98. The Kier molecular flexibility index (Phi) is 7.47. The zero-order valence-electron chi connectivity index (χ0n) is 21.2. The molecule has 2 aliphatic heterocycles. The number of piperazine rings is 1. The van der Waals surface area contributed by atoms with Gasteiger partial charge in [0.1, 0.15) is 11.4 Å². The number of rotatable bonds is 7. The molecule has 1 atom stereocenters. The molecule has 0 radical (unpaired) electrons. The van der Waals surface area contributed by atoms with Crippen LogP contribution in [0.15, 0.2) is 54.6 Å². The molecule has 0 spiro atoms. The fourth-order valence-corrected chi connectivity index (χ4v) is 5.26. The third-order valence-corrected chi connectivity index (χ3v) is 7.20. The first-order valence-electron chi connectivity index (χ1n) is 12.7. The van der Waals surface area contributed by atoms with Crippen molar-refractivity contribution in [3.63, 3.8) is 0 Å². The Hall–Kier alpha value is -3.34. The van der Waals surface area contributed by atoms with Gasteiger partial charge in [-0.2, -0.15) is 0 Å². The Morgan fingerprint density at radius 3 is 2.45 bits per heavy atom. The normalized spacial score (nSPS) is 18.8. The van der Waals surface area contributed by atoms with Crippen LogP contribution in [0.1, 0.15) is 28.5 Å². The third-order valence-electron chi connectivity index (χ3n) is 7.20. The van der Waals surface area contributed by atoms with Gasteiger partial charge in [-0.1, -0.05) is 36.4 Å². The highest BCUT2D eigenvalue weighted by atomic mass is 19.4. The molecule has 1 unspecified atom stereocenters. The molecule has 38 heavy (non-hydrogen) atoms. The summed E-state index contributed by atoms with van der Waals surface area (Å²) in [4.78, 5) is 17.6. The minimum Gasteiger partial charge on any atom is -0.406 e. The fraction of sp³-hybridized carbons (Fsp3) is 0.393. The molecular weight excluding hydrogens is 497 g/mol. The Bertz CT molecular complexity index is 1280. The van der Waals surface area contributed by atoms with Crippen LogP contribution in [0.5, 0.6) is 5.75 Å². The van der Waals surface area contributed by atoms with E-state index >= 15 is 0 Å². The molecule has 2 N–H and O–H groups in total. The Balaban J connectivity index is 1.55. The Morgan fingerprint density at radius 2 is 1.76 bits per heavy atom. The number of likely N-dealkylation sites (N-methyl/N-ethyl adjacent to an activating group) is 1. The number of alkyl halides is 3. The van der Waals surface area contributed by atoms with Crippen LogP contribution in [0, 0.1) is 0 Å². The molecule has 0 saturated carbocycles. The van der Waals surface area contributed by atoms with Crippen molar-refractivity contribution in [3.05, 3.63) is 65.9 Å². The summed E-state index contributed by atoms with van der Waals surface area (Å²) in [6.45, 7) is 5.19. The molecule has 0 aliphatic carbocycles. The lowest BCUT2D eigenvalue weighted by molar-refractivity contribution is -0.274. The number of ether oxygens (including phenoxy) is 1.